The van der Waals surface area contributed by atoms with Crippen molar-refractivity contribution in [3.63, 3.8) is 0 Å². The number of halogens is 2. The maximum Gasteiger partial charge on any atom is 0.209 e. The molecule has 0 amide bonds. The monoisotopic (exact) mass is 614 g/mol. The number of nitrogens with zero attached hydrogens (tertiary/aromatic N) is 5. The summed E-state index contributed by atoms with van der Waals surface area (Å²) in [6, 6.07) is 11.4. The van der Waals surface area contributed by atoms with Crippen LogP contribution in [0.3, 0.4) is 0 Å². The summed E-state index contributed by atoms with van der Waals surface area (Å²) >= 11 is 0. The Morgan fingerprint density at radius 3 is 2.59 bits per heavy atom. The topological polar surface area (TPSA) is 133 Å². The van der Waals surface area contributed by atoms with Crippen LogP contribution in [0, 0.1) is 11.6 Å². The van der Waals surface area contributed by atoms with Crippen molar-refractivity contribution in [2.45, 2.75) is 25.9 Å². The lowest BCUT2D eigenvalue weighted by molar-refractivity contribution is 0.331. The van der Waals surface area contributed by atoms with Crippen LogP contribution in [-0.4, -0.2) is 62.8 Å². The summed E-state index contributed by atoms with van der Waals surface area (Å²) in [7, 11) is -3.47. The second-order valence-electron chi connectivity index (χ2n) is 11.1. The van der Waals surface area contributed by atoms with E-state index in [2.05, 4.69) is 34.8 Å². The molecule has 6 aromatic rings. The Kier molecular flexibility index (Phi) is 7.15. The quantitative estimate of drug-likeness (QED) is 0.216. The molecule has 1 fully saturated rings. The summed E-state index contributed by atoms with van der Waals surface area (Å²) in [5.41, 5.74) is 5.55. The van der Waals surface area contributed by atoms with Gasteiger partial charge in [-0.25, -0.2) is 26.9 Å². The van der Waals surface area contributed by atoms with Crippen molar-refractivity contribution in [1.82, 2.24) is 39.8 Å². The number of rotatable bonds is 8. The molecular formula is C31H28F2N8O2S. The van der Waals surface area contributed by atoms with Crippen molar-refractivity contribution >= 4 is 32.0 Å². The van der Waals surface area contributed by atoms with Gasteiger partial charge in [0.2, 0.25) is 10.0 Å². The van der Waals surface area contributed by atoms with Crippen LogP contribution >= 0.6 is 0 Å². The molecule has 10 nitrogen and oxygen atoms in total. The van der Waals surface area contributed by atoms with Crippen molar-refractivity contribution < 1.29 is 17.2 Å². The molecule has 0 unspecified atom stereocenters. The first kappa shape index (κ1) is 28.2. The minimum Gasteiger partial charge on any atom is -0.336 e. The average Bonchev–Trinajstić information content (AvgIpc) is 3.75. The van der Waals surface area contributed by atoms with E-state index in [-0.39, 0.29) is 12.1 Å². The number of benzene rings is 2. The number of H-pyrrole nitrogens is 2. The highest BCUT2D eigenvalue weighted by molar-refractivity contribution is 7.88. The second kappa shape index (κ2) is 11.2. The Hall–Kier alpha value is -4.59. The van der Waals surface area contributed by atoms with Crippen LogP contribution in [0.2, 0.25) is 0 Å². The van der Waals surface area contributed by atoms with Crippen molar-refractivity contribution in [3.8, 4) is 33.9 Å². The van der Waals surface area contributed by atoms with E-state index in [0.29, 0.717) is 50.3 Å². The van der Waals surface area contributed by atoms with E-state index in [1.165, 1.54) is 31.0 Å². The predicted molar refractivity (Wildman–Crippen MR) is 164 cm³/mol. The number of likely N-dealkylation sites (tertiary alicyclic amines) is 1. The number of pyridine rings is 2. The van der Waals surface area contributed by atoms with Gasteiger partial charge in [-0.3, -0.25) is 20.0 Å². The maximum absolute atomic E-state index is 15.4. The zero-order valence-electron chi connectivity index (χ0n) is 23.7. The van der Waals surface area contributed by atoms with Gasteiger partial charge < -0.3 is 4.98 Å². The third-order valence-electron chi connectivity index (χ3n) is 7.75. The van der Waals surface area contributed by atoms with Crippen molar-refractivity contribution in [3.05, 3.63) is 83.8 Å². The van der Waals surface area contributed by atoms with Crippen LogP contribution in [0.5, 0.6) is 0 Å². The molecule has 1 saturated heterocycles. The van der Waals surface area contributed by atoms with Gasteiger partial charge in [0.15, 0.2) is 5.82 Å². The van der Waals surface area contributed by atoms with Gasteiger partial charge in [-0.1, -0.05) is 0 Å². The zero-order chi connectivity index (χ0) is 30.4. The number of imidazole rings is 1. The number of hydrogen-bond acceptors (Lipinski definition) is 7. The standard InChI is InChI=1S/C31H28F2N8O2S/c1-44(42,43)36-15-18-8-21(11-23(32)10-18)27-30-26(4-5-35-27)37-31(38-30)29-24-12-20(13-25(33)28(24)39-40-29)22-9-19(14-34-16-22)17-41-6-2-3-7-41/h4-5,8-14,16,36H,2-3,6-7,15,17H2,1H3,(H,37,38)(H,39,40). The molecule has 0 atom stereocenters. The van der Waals surface area contributed by atoms with Gasteiger partial charge in [0.05, 0.1) is 17.5 Å². The van der Waals surface area contributed by atoms with E-state index in [4.69, 9.17) is 4.98 Å². The molecule has 5 heterocycles. The number of hydrogen-bond donors (Lipinski definition) is 3. The van der Waals surface area contributed by atoms with E-state index in [0.717, 1.165) is 37.0 Å². The molecule has 0 aliphatic carbocycles. The van der Waals surface area contributed by atoms with Crippen LogP contribution < -0.4 is 4.72 Å². The molecule has 7 rings (SSSR count). The number of nitrogens with one attached hydrogen (secondary N) is 3. The minimum absolute atomic E-state index is 0.0742. The van der Waals surface area contributed by atoms with Gasteiger partial charge in [0.25, 0.3) is 0 Å². The molecule has 0 radical (unpaired) electrons. The Morgan fingerprint density at radius 2 is 1.77 bits per heavy atom. The number of sulfonamides is 1. The van der Waals surface area contributed by atoms with E-state index in [1.807, 2.05) is 18.3 Å². The molecule has 0 bridgehead atoms. The van der Waals surface area contributed by atoms with Gasteiger partial charge in [-0.05, 0) is 85.1 Å². The molecule has 13 heteroatoms. The van der Waals surface area contributed by atoms with Crippen LogP contribution in [0.25, 0.3) is 55.8 Å². The molecular weight excluding hydrogens is 586 g/mol. The summed E-state index contributed by atoms with van der Waals surface area (Å²) in [5, 5.41) is 7.73. The summed E-state index contributed by atoms with van der Waals surface area (Å²) in [6.07, 6.45) is 8.59. The minimum atomic E-state index is -3.47. The van der Waals surface area contributed by atoms with Gasteiger partial charge in [-0.2, -0.15) is 5.10 Å². The predicted octanol–water partition coefficient (Wildman–Crippen LogP) is 5.15. The Morgan fingerprint density at radius 1 is 0.955 bits per heavy atom. The first-order chi connectivity index (χ1) is 21.2. The lowest BCUT2D eigenvalue weighted by atomic mass is 10.0. The first-order valence-corrected chi connectivity index (χ1v) is 16.0. The Labute approximate surface area is 251 Å². The van der Waals surface area contributed by atoms with Crippen LogP contribution in [0.15, 0.2) is 61.1 Å². The van der Waals surface area contributed by atoms with Crippen molar-refractivity contribution in [2.24, 2.45) is 0 Å². The normalized spacial score (nSPS) is 14.2. The molecule has 0 saturated carbocycles. The molecule has 44 heavy (non-hydrogen) atoms. The van der Waals surface area contributed by atoms with Crippen molar-refractivity contribution in [1.29, 1.82) is 0 Å². The number of aromatic nitrogens is 6. The SMILES string of the molecule is CS(=O)(=O)NCc1cc(F)cc(-c2nccc3[nH]c(-c4n[nH]c5c(F)cc(-c6cncc(CN7CCCC7)c6)cc45)nc23)c1. The Balaban J connectivity index is 1.27. The van der Waals surface area contributed by atoms with Gasteiger partial charge in [0.1, 0.15) is 28.4 Å². The second-order valence-corrected chi connectivity index (χ2v) is 12.9. The highest BCUT2D eigenvalue weighted by Crippen LogP contribution is 2.34. The summed E-state index contributed by atoms with van der Waals surface area (Å²) < 4.78 is 55.5. The highest BCUT2D eigenvalue weighted by atomic mass is 32.2. The van der Waals surface area contributed by atoms with Gasteiger partial charge in [0, 0.05) is 48.2 Å². The molecule has 1 aliphatic heterocycles. The molecule has 4 aromatic heterocycles. The molecule has 2 aromatic carbocycles. The molecule has 3 N–H and O–H groups in total. The van der Waals surface area contributed by atoms with Gasteiger partial charge >= 0.3 is 0 Å². The molecule has 0 spiro atoms. The number of fused-ring (bicyclic) bond motifs is 2. The Bertz CT molecular complexity index is 2140. The summed E-state index contributed by atoms with van der Waals surface area (Å²) in [4.78, 5) is 19.3. The third-order valence-corrected chi connectivity index (χ3v) is 8.42. The van der Waals surface area contributed by atoms with Gasteiger partial charge in [-0.15, -0.1) is 0 Å². The molecule has 224 valence electrons. The van der Waals surface area contributed by atoms with Crippen LogP contribution in [0.1, 0.15) is 24.0 Å². The van der Waals surface area contributed by atoms with E-state index in [1.54, 1.807) is 24.5 Å². The lowest BCUT2D eigenvalue weighted by Gasteiger charge is -2.14. The average molecular weight is 615 g/mol. The summed E-state index contributed by atoms with van der Waals surface area (Å²) in [5.74, 6) is -0.606. The van der Waals surface area contributed by atoms with E-state index in [9.17, 15) is 12.8 Å². The summed E-state index contributed by atoms with van der Waals surface area (Å²) in [6.45, 7) is 2.87. The fourth-order valence-electron chi connectivity index (χ4n) is 5.72. The molecule has 1 aliphatic rings. The van der Waals surface area contributed by atoms with Crippen LogP contribution in [0.4, 0.5) is 8.78 Å². The maximum atomic E-state index is 15.4. The largest absolute Gasteiger partial charge is 0.336 e. The van der Waals surface area contributed by atoms with Crippen molar-refractivity contribution in [2.75, 3.05) is 19.3 Å². The lowest BCUT2D eigenvalue weighted by Crippen LogP contribution is -2.21. The smallest absolute Gasteiger partial charge is 0.209 e. The van der Waals surface area contributed by atoms with E-state index >= 15 is 4.39 Å². The third kappa shape index (κ3) is 5.68. The first-order valence-electron chi connectivity index (χ1n) is 14.1. The van der Waals surface area contributed by atoms with E-state index < -0.39 is 21.7 Å². The fourth-order valence-corrected chi connectivity index (χ4v) is 6.15. The zero-order valence-corrected chi connectivity index (χ0v) is 24.5. The highest BCUT2D eigenvalue weighted by Gasteiger charge is 2.20. The van der Waals surface area contributed by atoms with Crippen LogP contribution in [-0.2, 0) is 23.1 Å². The number of aromatic amines is 2. The fraction of sp³-hybridized carbons (Fsp3) is 0.226.